The van der Waals surface area contributed by atoms with Gasteiger partial charge in [-0.1, -0.05) is 35.9 Å². The van der Waals surface area contributed by atoms with E-state index in [9.17, 15) is 9.59 Å². The van der Waals surface area contributed by atoms with Crippen LogP contribution in [0.4, 0.5) is 5.69 Å². The number of carbonyl (C=O) groups is 2. The molecule has 0 radical (unpaired) electrons. The van der Waals surface area contributed by atoms with Crippen LogP contribution < -0.4 is 4.90 Å². The second kappa shape index (κ2) is 6.91. The van der Waals surface area contributed by atoms with Gasteiger partial charge in [-0.2, -0.15) is 0 Å². The molecule has 0 saturated carbocycles. The largest absolute Gasteiger partial charge is 0.360 e. The fourth-order valence-electron chi connectivity index (χ4n) is 3.80. The summed E-state index contributed by atoms with van der Waals surface area (Å²) in [6.07, 6.45) is 3.65. The maximum absolute atomic E-state index is 12.9. The standard InChI is InChI=1S/C22H23N3O2/c1-15-9-10-20-16(12-15)6-5-11-25(20)21(26)14-24(2)22(27)18-13-23-19-8-4-3-7-17(18)19/h3-4,7-10,12-13,23H,5-6,11,14H2,1-2H3. The number of aryl methyl sites for hydroxylation is 2. The van der Waals surface area contributed by atoms with Crippen LogP contribution in [-0.4, -0.2) is 41.8 Å². The van der Waals surface area contributed by atoms with E-state index >= 15 is 0 Å². The van der Waals surface area contributed by atoms with Gasteiger partial charge in [-0.15, -0.1) is 0 Å². The number of nitrogens with one attached hydrogen (secondary N) is 1. The number of benzene rings is 2. The highest BCUT2D eigenvalue weighted by Crippen LogP contribution is 2.28. The Morgan fingerprint density at radius 2 is 2.00 bits per heavy atom. The number of hydrogen-bond donors (Lipinski definition) is 1. The van der Waals surface area contributed by atoms with Gasteiger partial charge in [0.1, 0.15) is 6.54 Å². The SMILES string of the molecule is Cc1ccc2c(c1)CCCN2C(=O)CN(C)C(=O)c1c[nH]c2ccccc12. The maximum Gasteiger partial charge on any atom is 0.256 e. The number of rotatable bonds is 3. The highest BCUT2D eigenvalue weighted by molar-refractivity contribution is 6.08. The molecule has 0 saturated heterocycles. The van der Waals surface area contributed by atoms with Gasteiger partial charge in [0, 0.05) is 36.4 Å². The van der Waals surface area contributed by atoms with Crippen LogP contribution in [0.3, 0.4) is 0 Å². The summed E-state index contributed by atoms with van der Waals surface area (Å²) in [6, 6.07) is 13.9. The lowest BCUT2D eigenvalue weighted by atomic mass is 9.99. The number of aromatic amines is 1. The van der Waals surface area contributed by atoms with Crippen LogP contribution in [0.5, 0.6) is 0 Å². The van der Waals surface area contributed by atoms with E-state index in [1.165, 1.54) is 16.0 Å². The van der Waals surface area contributed by atoms with Crippen LogP contribution in [0.25, 0.3) is 10.9 Å². The molecule has 2 amide bonds. The van der Waals surface area contributed by atoms with Gasteiger partial charge in [-0.25, -0.2) is 0 Å². The fourth-order valence-corrected chi connectivity index (χ4v) is 3.80. The number of anilines is 1. The zero-order chi connectivity index (χ0) is 19.0. The van der Waals surface area contributed by atoms with E-state index in [0.717, 1.165) is 29.4 Å². The lowest BCUT2D eigenvalue weighted by Gasteiger charge is -2.31. The lowest BCUT2D eigenvalue weighted by molar-refractivity contribution is -0.119. The number of aromatic nitrogens is 1. The van der Waals surface area contributed by atoms with Crippen molar-refractivity contribution in [2.24, 2.45) is 0 Å². The molecular formula is C22H23N3O2. The van der Waals surface area contributed by atoms with Gasteiger partial charge in [0.2, 0.25) is 5.91 Å². The minimum absolute atomic E-state index is 0.0458. The first-order chi connectivity index (χ1) is 13.0. The monoisotopic (exact) mass is 361 g/mol. The van der Waals surface area contributed by atoms with Crippen molar-refractivity contribution < 1.29 is 9.59 Å². The summed E-state index contributed by atoms with van der Waals surface area (Å²) in [6.45, 7) is 2.82. The quantitative estimate of drug-likeness (QED) is 0.776. The molecule has 5 nitrogen and oxygen atoms in total. The maximum atomic E-state index is 12.9. The molecule has 1 aromatic heterocycles. The highest BCUT2D eigenvalue weighted by Gasteiger charge is 2.25. The van der Waals surface area contributed by atoms with Gasteiger partial charge in [0.05, 0.1) is 5.56 Å². The Morgan fingerprint density at radius 3 is 2.85 bits per heavy atom. The molecule has 0 bridgehead atoms. The van der Waals surface area contributed by atoms with Gasteiger partial charge in [0.25, 0.3) is 5.91 Å². The Balaban J connectivity index is 1.52. The van der Waals surface area contributed by atoms with Crippen LogP contribution in [0.1, 0.15) is 27.9 Å². The number of amides is 2. The zero-order valence-corrected chi connectivity index (χ0v) is 15.7. The van der Waals surface area contributed by atoms with Crippen LogP contribution >= 0.6 is 0 Å². The van der Waals surface area contributed by atoms with Gasteiger partial charge in [-0.05, 0) is 37.5 Å². The van der Waals surface area contributed by atoms with E-state index < -0.39 is 0 Å². The van der Waals surface area contributed by atoms with Crippen molar-refractivity contribution >= 4 is 28.4 Å². The number of para-hydroxylation sites is 1. The molecule has 5 heteroatoms. The molecule has 0 aliphatic carbocycles. The second-order valence-corrected chi connectivity index (χ2v) is 7.19. The summed E-state index contributed by atoms with van der Waals surface area (Å²) in [5.41, 5.74) is 4.90. The van der Waals surface area contributed by atoms with Crippen molar-refractivity contribution in [2.45, 2.75) is 19.8 Å². The Bertz CT molecular complexity index is 1020. The molecule has 0 atom stereocenters. The molecule has 27 heavy (non-hydrogen) atoms. The van der Waals surface area contributed by atoms with Crippen molar-refractivity contribution in [2.75, 3.05) is 25.0 Å². The Labute approximate surface area is 158 Å². The number of nitrogens with zero attached hydrogens (tertiary/aromatic N) is 2. The van der Waals surface area contributed by atoms with Crippen molar-refractivity contribution in [3.8, 4) is 0 Å². The summed E-state index contributed by atoms with van der Waals surface area (Å²) in [5.74, 6) is -0.197. The predicted octanol–water partition coefficient (Wildman–Crippen LogP) is 3.53. The summed E-state index contributed by atoms with van der Waals surface area (Å²) >= 11 is 0. The normalized spacial score (nSPS) is 13.5. The molecule has 2 heterocycles. The fraction of sp³-hybridized carbons (Fsp3) is 0.273. The van der Waals surface area contributed by atoms with Crippen LogP contribution in [0.2, 0.25) is 0 Å². The Kier molecular flexibility index (Phi) is 4.44. The van der Waals surface area contributed by atoms with E-state index in [1.54, 1.807) is 13.2 Å². The third kappa shape index (κ3) is 3.21. The Hall–Kier alpha value is -3.08. The summed E-state index contributed by atoms with van der Waals surface area (Å²) in [7, 11) is 1.68. The minimum atomic E-state index is -0.151. The third-order valence-corrected chi connectivity index (χ3v) is 5.19. The van der Waals surface area contributed by atoms with Gasteiger partial charge in [-0.3, -0.25) is 9.59 Å². The van der Waals surface area contributed by atoms with Crippen molar-refractivity contribution in [1.29, 1.82) is 0 Å². The molecule has 4 rings (SSSR count). The molecule has 0 spiro atoms. The van der Waals surface area contributed by atoms with E-state index in [2.05, 4.69) is 18.0 Å². The zero-order valence-electron chi connectivity index (χ0n) is 15.7. The molecule has 0 fully saturated rings. The van der Waals surface area contributed by atoms with Gasteiger partial charge >= 0.3 is 0 Å². The number of fused-ring (bicyclic) bond motifs is 2. The highest BCUT2D eigenvalue weighted by atomic mass is 16.2. The molecule has 1 N–H and O–H groups in total. The van der Waals surface area contributed by atoms with E-state index in [4.69, 9.17) is 0 Å². The first-order valence-corrected chi connectivity index (χ1v) is 9.26. The first-order valence-electron chi connectivity index (χ1n) is 9.26. The van der Waals surface area contributed by atoms with E-state index in [1.807, 2.05) is 41.3 Å². The number of H-pyrrole nitrogens is 1. The molecule has 0 unspecified atom stereocenters. The summed E-state index contributed by atoms with van der Waals surface area (Å²) in [5, 5.41) is 0.876. The molecule has 138 valence electrons. The number of hydrogen-bond acceptors (Lipinski definition) is 2. The Morgan fingerprint density at radius 1 is 1.19 bits per heavy atom. The van der Waals surface area contributed by atoms with E-state index in [0.29, 0.717) is 12.1 Å². The molecule has 2 aromatic carbocycles. The topological polar surface area (TPSA) is 56.4 Å². The first kappa shape index (κ1) is 17.3. The third-order valence-electron chi connectivity index (χ3n) is 5.19. The molecule has 1 aliphatic heterocycles. The van der Waals surface area contributed by atoms with Crippen LogP contribution in [-0.2, 0) is 11.2 Å². The van der Waals surface area contributed by atoms with E-state index in [-0.39, 0.29) is 18.4 Å². The lowest BCUT2D eigenvalue weighted by Crippen LogP contribution is -2.43. The van der Waals surface area contributed by atoms with Gasteiger partial charge < -0.3 is 14.8 Å². The number of carbonyl (C=O) groups excluding carboxylic acids is 2. The molecular weight excluding hydrogens is 338 g/mol. The molecule has 1 aliphatic rings. The summed E-state index contributed by atoms with van der Waals surface area (Å²) < 4.78 is 0. The minimum Gasteiger partial charge on any atom is -0.360 e. The summed E-state index contributed by atoms with van der Waals surface area (Å²) in [4.78, 5) is 32.2. The number of likely N-dealkylation sites (N-methyl/N-ethyl adjacent to an activating group) is 1. The predicted molar refractivity (Wildman–Crippen MR) is 107 cm³/mol. The van der Waals surface area contributed by atoms with Crippen molar-refractivity contribution in [1.82, 2.24) is 9.88 Å². The molecule has 3 aromatic rings. The van der Waals surface area contributed by atoms with Crippen molar-refractivity contribution in [3.05, 3.63) is 65.4 Å². The van der Waals surface area contributed by atoms with Crippen LogP contribution in [0, 0.1) is 6.92 Å². The van der Waals surface area contributed by atoms with Crippen molar-refractivity contribution in [3.63, 3.8) is 0 Å². The van der Waals surface area contributed by atoms with Gasteiger partial charge in [0.15, 0.2) is 0 Å². The second-order valence-electron chi connectivity index (χ2n) is 7.19. The average molecular weight is 361 g/mol. The van der Waals surface area contributed by atoms with Crippen LogP contribution in [0.15, 0.2) is 48.7 Å². The smallest absolute Gasteiger partial charge is 0.256 e. The average Bonchev–Trinajstić information content (AvgIpc) is 3.10.